The third-order valence-electron chi connectivity index (χ3n) is 5.70. The van der Waals surface area contributed by atoms with Gasteiger partial charge in [-0.05, 0) is 67.8 Å². The highest BCUT2D eigenvalue weighted by molar-refractivity contribution is 6.35. The maximum Gasteiger partial charge on any atom is 0.338 e. The molecule has 1 aliphatic rings. The number of ether oxygens (including phenoxy) is 1. The Hall–Kier alpha value is -4.26. The number of hydrogen-bond acceptors (Lipinski definition) is 5. The van der Waals surface area contributed by atoms with E-state index in [9.17, 15) is 19.2 Å². The topological polar surface area (TPSA) is 92.8 Å². The highest BCUT2D eigenvalue weighted by atomic mass is 16.5. The molecule has 0 unspecified atom stereocenters. The van der Waals surface area contributed by atoms with Gasteiger partial charge in [-0.3, -0.25) is 14.4 Å². The van der Waals surface area contributed by atoms with Crippen LogP contribution in [0.1, 0.15) is 54.7 Å². The lowest BCUT2D eigenvalue weighted by Gasteiger charge is -2.16. The van der Waals surface area contributed by atoms with E-state index in [-0.39, 0.29) is 16.7 Å². The molecule has 0 aromatic heterocycles. The first kappa shape index (κ1) is 22.9. The number of benzene rings is 3. The molecule has 0 radical (unpaired) electrons. The van der Waals surface area contributed by atoms with Gasteiger partial charge in [0, 0.05) is 5.69 Å². The standard InChI is InChI=1S/C27H24N2O5/c1-4-18-6-9-20(10-7-18)28-24(30)15-34-27(33)19-8-11-21-22(14-19)26(32)29(25(21)31)23-12-5-16(2)13-17(23)3/h5-14H,4,15H2,1-3H3,(H,28,30). The maximum absolute atomic E-state index is 13.0. The molecule has 7 nitrogen and oxygen atoms in total. The summed E-state index contributed by atoms with van der Waals surface area (Å²) in [5.41, 5.74) is 4.49. The van der Waals surface area contributed by atoms with E-state index in [2.05, 4.69) is 5.32 Å². The lowest BCUT2D eigenvalue weighted by molar-refractivity contribution is -0.119. The van der Waals surface area contributed by atoms with Crippen LogP contribution in [-0.4, -0.2) is 30.3 Å². The molecule has 4 rings (SSSR count). The van der Waals surface area contributed by atoms with E-state index in [4.69, 9.17) is 4.74 Å². The van der Waals surface area contributed by atoms with E-state index in [0.717, 1.165) is 28.0 Å². The molecule has 34 heavy (non-hydrogen) atoms. The summed E-state index contributed by atoms with van der Waals surface area (Å²) >= 11 is 0. The van der Waals surface area contributed by atoms with Gasteiger partial charge in [0.25, 0.3) is 17.7 Å². The fourth-order valence-corrected chi connectivity index (χ4v) is 3.88. The van der Waals surface area contributed by atoms with Crippen molar-refractivity contribution in [2.24, 2.45) is 0 Å². The van der Waals surface area contributed by atoms with Crippen molar-refractivity contribution in [2.45, 2.75) is 27.2 Å². The second-order valence-corrected chi connectivity index (χ2v) is 8.17. The molecule has 0 aliphatic carbocycles. The summed E-state index contributed by atoms with van der Waals surface area (Å²) in [6.07, 6.45) is 0.892. The van der Waals surface area contributed by atoms with E-state index in [0.29, 0.717) is 11.4 Å². The minimum absolute atomic E-state index is 0.0856. The van der Waals surface area contributed by atoms with Crippen LogP contribution in [0.4, 0.5) is 11.4 Å². The van der Waals surface area contributed by atoms with Gasteiger partial charge in [0.2, 0.25) is 0 Å². The van der Waals surface area contributed by atoms with Gasteiger partial charge < -0.3 is 10.1 Å². The Kier molecular flexibility index (Phi) is 6.27. The fraction of sp³-hybridized carbons (Fsp3) is 0.185. The normalized spacial score (nSPS) is 12.5. The molecule has 3 amide bonds. The summed E-state index contributed by atoms with van der Waals surface area (Å²) < 4.78 is 5.11. The van der Waals surface area contributed by atoms with Crippen LogP contribution in [0, 0.1) is 13.8 Å². The van der Waals surface area contributed by atoms with Crippen molar-refractivity contribution in [3.8, 4) is 0 Å². The Labute approximate surface area is 197 Å². The predicted octanol–water partition coefficient (Wildman–Crippen LogP) is 4.46. The summed E-state index contributed by atoms with van der Waals surface area (Å²) in [7, 11) is 0. The summed E-state index contributed by atoms with van der Waals surface area (Å²) in [6.45, 7) is 5.32. The quantitative estimate of drug-likeness (QED) is 0.437. The monoisotopic (exact) mass is 456 g/mol. The van der Waals surface area contributed by atoms with Crippen LogP contribution in [0.5, 0.6) is 0 Å². The van der Waals surface area contributed by atoms with Crippen LogP contribution in [-0.2, 0) is 16.0 Å². The van der Waals surface area contributed by atoms with Crippen molar-refractivity contribution < 1.29 is 23.9 Å². The minimum Gasteiger partial charge on any atom is -0.452 e. The molecule has 172 valence electrons. The average Bonchev–Trinajstić information content (AvgIpc) is 3.07. The molecule has 0 fully saturated rings. The van der Waals surface area contributed by atoms with E-state index in [1.54, 1.807) is 18.2 Å². The fourth-order valence-electron chi connectivity index (χ4n) is 3.88. The summed E-state index contributed by atoms with van der Waals surface area (Å²) in [5.74, 6) is -2.19. The number of carbonyl (C=O) groups excluding carboxylic acids is 4. The lowest BCUT2D eigenvalue weighted by Crippen LogP contribution is -2.30. The first-order chi connectivity index (χ1) is 16.3. The number of aryl methyl sites for hydroxylation is 3. The number of esters is 1. The number of nitrogens with zero attached hydrogens (tertiary/aromatic N) is 1. The number of nitrogens with one attached hydrogen (secondary N) is 1. The molecule has 0 spiro atoms. The Morgan fingerprint density at radius 1 is 0.882 bits per heavy atom. The Morgan fingerprint density at radius 2 is 1.59 bits per heavy atom. The average molecular weight is 456 g/mol. The highest BCUT2D eigenvalue weighted by Crippen LogP contribution is 2.31. The molecule has 0 atom stereocenters. The van der Waals surface area contributed by atoms with Gasteiger partial charge >= 0.3 is 5.97 Å². The van der Waals surface area contributed by atoms with Crippen molar-refractivity contribution in [1.82, 2.24) is 0 Å². The minimum atomic E-state index is -0.760. The lowest BCUT2D eigenvalue weighted by atomic mass is 10.1. The number of hydrogen-bond donors (Lipinski definition) is 1. The first-order valence-corrected chi connectivity index (χ1v) is 10.9. The van der Waals surface area contributed by atoms with Crippen molar-refractivity contribution in [3.63, 3.8) is 0 Å². The number of fused-ring (bicyclic) bond motifs is 1. The van der Waals surface area contributed by atoms with Gasteiger partial charge in [0.05, 0.1) is 22.4 Å². The second-order valence-electron chi connectivity index (χ2n) is 8.17. The Balaban J connectivity index is 1.44. The SMILES string of the molecule is CCc1ccc(NC(=O)COC(=O)c2ccc3c(c2)C(=O)N(c2ccc(C)cc2C)C3=O)cc1. The summed E-state index contributed by atoms with van der Waals surface area (Å²) in [6, 6.07) is 17.0. The van der Waals surface area contributed by atoms with E-state index in [1.807, 2.05) is 45.0 Å². The molecular formula is C27H24N2O5. The number of imide groups is 1. The van der Waals surface area contributed by atoms with Crippen molar-refractivity contribution in [2.75, 3.05) is 16.8 Å². The van der Waals surface area contributed by atoms with Crippen molar-refractivity contribution in [3.05, 3.63) is 94.0 Å². The smallest absolute Gasteiger partial charge is 0.338 e. The van der Waals surface area contributed by atoms with E-state index in [1.165, 1.54) is 18.2 Å². The second kappa shape index (κ2) is 9.31. The van der Waals surface area contributed by atoms with Crippen LogP contribution in [0.2, 0.25) is 0 Å². The van der Waals surface area contributed by atoms with Crippen LogP contribution in [0.25, 0.3) is 0 Å². The molecule has 0 bridgehead atoms. The molecular weight excluding hydrogens is 432 g/mol. The van der Waals surface area contributed by atoms with Gasteiger partial charge in [-0.25, -0.2) is 9.69 Å². The Morgan fingerprint density at radius 3 is 2.26 bits per heavy atom. The largest absolute Gasteiger partial charge is 0.452 e. The molecule has 0 saturated carbocycles. The summed E-state index contributed by atoms with van der Waals surface area (Å²) in [4.78, 5) is 51.7. The van der Waals surface area contributed by atoms with Gasteiger partial charge in [0.1, 0.15) is 0 Å². The van der Waals surface area contributed by atoms with Crippen LogP contribution in [0.15, 0.2) is 60.7 Å². The predicted molar refractivity (Wildman–Crippen MR) is 128 cm³/mol. The van der Waals surface area contributed by atoms with E-state index >= 15 is 0 Å². The zero-order valence-corrected chi connectivity index (χ0v) is 19.2. The number of amides is 3. The van der Waals surface area contributed by atoms with E-state index < -0.39 is 30.3 Å². The first-order valence-electron chi connectivity index (χ1n) is 10.9. The van der Waals surface area contributed by atoms with Gasteiger partial charge in [0.15, 0.2) is 6.61 Å². The highest BCUT2D eigenvalue weighted by Gasteiger charge is 2.37. The van der Waals surface area contributed by atoms with Gasteiger partial charge in [-0.15, -0.1) is 0 Å². The van der Waals surface area contributed by atoms with Gasteiger partial charge in [-0.1, -0.05) is 36.8 Å². The Bertz CT molecular complexity index is 1310. The molecule has 0 saturated heterocycles. The number of rotatable bonds is 6. The third kappa shape index (κ3) is 4.45. The summed E-state index contributed by atoms with van der Waals surface area (Å²) in [5, 5.41) is 2.67. The zero-order valence-electron chi connectivity index (χ0n) is 19.2. The molecule has 3 aromatic rings. The van der Waals surface area contributed by atoms with Crippen LogP contribution >= 0.6 is 0 Å². The molecule has 1 aliphatic heterocycles. The van der Waals surface area contributed by atoms with Crippen LogP contribution in [0.3, 0.4) is 0 Å². The molecule has 7 heteroatoms. The number of anilines is 2. The third-order valence-corrected chi connectivity index (χ3v) is 5.70. The molecule has 1 heterocycles. The molecule has 1 N–H and O–H groups in total. The zero-order chi connectivity index (χ0) is 24.4. The van der Waals surface area contributed by atoms with Crippen molar-refractivity contribution >= 4 is 35.1 Å². The molecule has 3 aromatic carbocycles. The van der Waals surface area contributed by atoms with Gasteiger partial charge in [-0.2, -0.15) is 0 Å². The van der Waals surface area contributed by atoms with Crippen LogP contribution < -0.4 is 10.2 Å². The number of carbonyl (C=O) groups is 4. The van der Waals surface area contributed by atoms with Crippen molar-refractivity contribution in [1.29, 1.82) is 0 Å². The maximum atomic E-state index is 13.0.